The lowest BCUT2D eigenvalue weighted by Crippen LogP contribution is -2.13. The van der Waals surface area contributed by atoms with E-state index in [1.165, 1.54) is 6.08 Å². The van der Waals surface area contributed by atoms with Gasteiger partial charge in [-0.05, 0) is 12.0 Å². The second kappa shape index (κ2) is 4.50. The minimum Gasteiger partial charge on any atom is -0.366 e. The molecule has 0 aliphatic carbocycles. The maximum atomic E-state index is 10.7. The molecule has 2 heteroatoms. The predicted molar refractivity (Wildman–Crippen MR) is 46.9 cm³/mol. The van der Waals surface area contributed by atoms with E-state index in [1.807, 2.05) is 6.92 Å². The van der Waals surface area contributed by atoms with Crippen LogP contribution in [0.5, 0.6) is 0 Å². The largest absolute Gasteiger partial charge is 0.366 e. The van der Waals surface area contributed by atoms with Crippen LogP contribution < -0.4 is 5.73 Å². The molecule has 0 aromatic heterocycles. The minimum atomic E-state index is -0.447. The number of rotatable bonds is 4. The summed E-state index contributed by atoms with van der Waals surface area (Å²) in [5.74, 6) is -0.447. The molecule has 0 aromatic carbocycles. The number of carbonyl (C=O) groups excluding carboxylic acids is 1. The first-order valence-corrected chi connectivity index (χ1v) is 3.45. The van der Waals surface area contributed by atoms with E-state index in [0.717, 1.165) is 12.0 Å². The van der Waals surface area contributed by atoms with E-state index in [0.29, 0.717) is 5.57 Å². The highest BCUT2D eigenvalue weighted by Gasteiger charge is 2.03. The molecule has 0 aliphatic heterocycles. The number of hydrogen-bond acceptors (Lipinski definition) is 1. The zero-order valence-corrected chi connectivity index (χ0v) is 6.76. The van der Waals surface area contributed by atoms with Gasteiger partial charge in [-0.2, -0.15) is 0 Å². The van der Waals surface area contributed by atoms with Crippen molar-refractivity contribution < 1.29 is 4.79 Å². The van der Waals surface area contributed by atoms with E-state index in [9.17, 15) is 4.79 Å². The third-order valence-corrected chi connectivity index (χ3v) is 1.44. The number of primary amides is 1. The average molecular weight is 151 g/mol. The Morgan fingerprint density at radius 1 is 1.45 bits per heavy atom. The van der Waals surface area contributed by atoms with Crippen LogP contribution in [0.4, 0.5) is 0 Å². The lowest BCUT2D eigenvalue weighted by molar-refractivity contribution is -0.114. The van der Waals surface area contributed by atoms with Crippen LogP contribution in [-0.4, -0.2) is 5.91 Å². The maximum absolute atomic E-state index is 10.7. The highest BCUT2D eigenvalue weighted by molar-refractivity contribution is 5.95. The summed E-state index contributed by atoms with van der Waals surface area (Å²) in [6, 6.07) is 0. The fraction of sp³-hybridized carbons (Fsp3) is 0.222. The van der Waals surface area contributed by atoms with Crippen molar-refractivity contribution in [2.24, 2.45) is 5.73 Å². The third kappa shape index (κ3) is 2.42. The molecule has 0 unspecified atom stereocenters. The van der Waals surface area contributed by atoms with Gasteiger partial charge < -0.3 is 5.73 Å². The monoisotopic (exact) mass is 151 g/mol. The van der Waals surface area contributed by atoms with E-state index in [1.54, 1.807) is 6.08 Å². The van der Waals surface area contributed by atoms with Gasteiger partial charge in [0.25, 0.3) is 0 Å². The van der Waals surface area contributed by atoms with Gasteiger partial charge in [0, 0.05) is 5.57 Å². The van der Waals surface area contributed by atoms with Crippen LogP contribution in [0.1, 0.15) is 13.3 Å². The Kier molecular flexibility index (Phi) is 3.96. The van der Waals surface area contributed by atoms with Gasteiger partial charge in [0.2, 0.25) is 5.91 Å². The molecule has 60 valence electrons. The number of hydrogen-bond donors (Lipinski definition) is 1. The smallest absolute Gasteiger partial charge is 0.248 e. The standard InChI is InChI=1S/C9H13NO/c1-4-7(5-2)8(6-3)9(10)11/h4,6H,1,3,5H2,2H3,(H2,10,11). The van der Waals surface area contributed by atoms with E-state index in [2.05, 4.69) is 13.2 Å². The highest BCUT2D eigenvalue weighted by atomic mass is 16.1. The summed E-state index contributed by atoms with van der Waals surface area (Å²) in [7, 11) is 0. The number of nitrogens with two attached hydrogens (primary N) is 1. The molecule has 2 nitrogen and oxygen atoms in total. The molecule has 0 rings (SSSR count). The minimum absolute atomic E-state index is 0.447. The molecule has 0 spiro atoms. The molecular formula is C9H13NO. The average Bonchev–Trinajstić information content (AvgIpc) is 1.99. The Labute approximate surface area is 67.1 Å². The fourth-order valence-corrected chi connectivity index (χ4v) is 0.835. The summed E-state index contributed by atoms with van der Waals surface area (Å²) in [6.45, 7) is 9.00. The van der Waals surface area contributed by atoms with Crippen molar-refractivity contribution in [3.63, 3.8) is 0 Å². The van der Waals surface area contributed by atoms with Gasteiger partial charge in [-0.1, -0.05) is 32.2 Å². The van der Waals surface area contributed by atoms with Gasteiger partial charge in [0.05, 0.1) is 0 Å². The molecule has 0 atom stereocenters. The quantitative estimate of drug-likeness (QED) is 0.480. The molecule has 11 heavy (non-hydrogen) atoms. The van der Waals surface area contributed by atoms with Gasteiger partial charge in [0.15, 0.2) is 0 Å². The molecule has 0 saturated carbocycles. The van der Waals surface area contributed by atoms with Crippen LogP contribution in [0.15, 0.2) is 36.5 Å². The molecule has 1 amide bonds. The first-order chi connectivity index (χ1) is 5.17. The zero-order chi connectivity index (χ0) is 8.85. The van der Waals surface area contributed by atoms with E-state index in [-0.39, 0.29) is 0 Å². The second-order valence-corrected chi connectivity index (χ2v) is 2.06. The van der Waals surface area contributed by atoms with E-state index >= 15 is 0 Å². The summed E-state index contributed by atoms with van der Waals surface area (Å²) < 4.78 is 0. The Balaban J connectivity index is 4.92. The SMILES string of the molecule is C=CC(CC)=C(C=C)C(N)=O. The number of carbonyl (C=O) groups is 1. The number of allylic oxidation sites excluding steroid dienone is 2. The van der Waals surface area contributed by atoms with Crippen molar-refractivity contribution in [2.45, 2.75) is 13.3 Å². The van der Waals surface area contributed by atoms with Crippen molar-refractivity contribution >= 4 is 5.91 Å². The van der Waals surface area contributed by atoms with Crippen LogP contribution in [0.2, 0.25) is 0 Å². The van der Waals surface area contributed by atoms with E-state index in [4.69, 9.17) is 5.73 Å². The van der Waals surface area contributed by atoms with Crippen molar-refractivity contribution in [2.75, 3.05) is 0 Å². The summed E-state index contributed by atoms with van der Waals surface area (Å²) in [6.07, 6.45) is 3.83. The molecule has 0 aliphatic rings. The van der Waals surface area contributed by atoms with Crippen molar-refractivity contribution in [1.29, 1.82) is 0 Å². The third-order valence-electron chi connectivity index (χ3n) is 1.44. The van der Waals surface area contributed by atoms with Crippen LogP contribution in [0.3, 0.4) is 0 Å². The molecule has 0 aromatic rings. The first kappa shape index (κ1) is 9.69. The Morgan fingerprint density at radius 2 is 2.00 bits per heavy atom. The maximum Gasteiger partial charge on any atom is 0.248 e. The van der Waals surface area contributed by atoms with Crippen molar-refractivity contribution in [3.8, 4) is 0 Å². The van der Waals surface area contributed by atoms with Gasteiger partial charge >= 0.3 is 0 Å². The summed E-state index contributed by atoms with van der Waals surface area (Å²) >= 11 is 0. The molecule has 0 saturated heterocycles. The lowest BCUT2D eigenvalue weighted by atomic mass is 10.1. The predicted octanol–water partition coefficient (Wildman–Crippen LogP) is 1.55. The van der Waals surface area contributed by atoms with Crippen LogP contribution >= 0.6 is 0 Å². The van der Waals surface area contributed by atoms with Crippen molar-refractivity contribution in [3.05, 3.63) is 36.5 Å². The molecule has 0 fully saturated rings. The normalized spacial score (nSPS) is 11.7. The van der Waals surface area contributed by atoms with Gasteiger partial charge in [0.1, 0.15) is 0 Å². The van der Waals surface area contributed by atoms with Crippen molar-refractivity contribution in [1.82, 2.24) is 0 Å². The Morgan fingerprint density at radius 3 is 2.09 bits per heavy atom. The summed E-state index contributed by atoms with van der Waals surface area (Å²) in [5, 5.41) is 0. The lowest BCUT2D eigenvalue weighted by Gasteiger charge is -2.01. The second-order valence-electron chi connectivity index (χ2n) is 2.06. The van der Waals surface area contributed by atoms with Gasteiger partial charge in [-0.25, -0.2) is 0 Å². The van der Waals surface area contributed by atoms with Gasteiger partial charge in [-0.15, -0.1) is 0 Å². The first-order valence-electron chi connectivity index (χ1n) is 3.45. The molecule has 0 radical (unpaired) electrons. The Hall–Kier alpha value is -1.31. The number of amides is 1. The highest BCUT2D eigenvalue weighted by Crippen LogP contribution is 2.09. The van der Waals surface area contributed by atoms with Crippen LogP contribution in [-0.2, 0) is 4.79 Å². The Bertz CT molecular complexity index is 214. The van der Waals surface area contributed by atoms with Crippen LogP contribution in [0, 0.1) is 0 Å². The fourth-order valence-electron chi connectivity index (χ4n) is 0.835. The van der Waals surface area contributed by atoms with Gasteiger partial charge in [-0.3, -0.25) is 4.79 Å². The zero-order valence-electron chi connectivity index (χ0n) is 6.76. The molecular weight excluding hydrogens is 138 g/mol. The molecule has 0 bridgehead atoms. The van der Waals surface area contributed by atoms with Crippen LogP contribution in [0.25, 0.3) is 0 Å². The molecule has 2 N–H and O–H groups in total. The summed E-state index contributed by atoms with van der Waals surface area (Å²) in [4.78, 5) is 10.7. The topological polar surface area (TPSA) is 43.1 Å². The molecule has 0 heterocycles. The summed E-state index contributed by atoms with van der Waals surface area (Å²) in [5.41, 5.74) is 6.38. The van der Waals surface area contributed by atoms with E-state index < -0.39 is 5.91 Å².